The van der Waals surface area contributed by atoms with Crippen LogP contribution in [-0.4, -0.2) is 16.1 Å². The molecule has 2 aromatic rings. The molecule has 0 saturated heterocycles. The van der Waals surface area contributed by atoms with Gasteiger partial charge in [0.05, 0.1) is 16.8 Å². The van der Waals surface area contributed by atoms with Crippen LogP contribution in [0.25, 0.3) is 0 Å². The minimum atomic E-state index is -0.166. The first-order valence-electron chi connectivity index (χ1n) is 4.89. The third kappa shape index (κ3) is 2.06. The number of nitrogens with two attached hydrogens (primary N) is 1. The van der Waals surface area contributed by atoms with Crippen LogP contribution in [0, 0.1) is 0 Å². The molecule has 4 N–H and O–H groups in total. The van der Waals surface area contributed by atoms with Gasteiger partial charge in [-0.3, -0.25) is 9.89 Å². The molecule has 0 spiro atoms. The highest BCUT2D eigenvalue weighted by Gasteiger charge is 2.11. The van der Waals surface area contributed by atoms with E-state index in [4.69, 9.17) is 5.73 Å². The van der Waals surface area contributed by atoms with Crippen molar-refractivity contribution in [2.45, 2.75) is 13.3 Å². The molecule has 0 unspecified atom stereocenters. The summed E-state index contributed by atoms with van der Waals surface area (Å²) in [4.78, 5) is 13.6. The van der Waals surface area contributed by atoms with Gasteiger partial charge in [-0.15, -0.1) is 11.3 Å². The Labute approximate surface area is 96.7 Å². The maximum absolute atomic E-state index is 11.8. The average molecular weight is 236 g/mol. The molecule has 0 aliphatic carbocycles. The lowest BCUT2D eigenvalue weighted by atomic mass is 10.3. The summed E-state index contributed by atoms with van der Waals surface area (Å²) in [6, 6.07) is 3.77. The molecule has 0 aromatic carbocycles. The van der Waals surface area contributed by atoms with Crippen molar-refractivity contribution in [2.75, 3.05) is 11.1 Å². The number of amides is 1. The number of aromatic amines is 1. The summed E-state index contributed by atoms with van der Waals surface area (Å²) in [5.41, 5.74) is 6.02. The SMILES string of the molecule is CCc1ccc(C(=O)Nc2[nH]ncc2N)s1. The van der Waals surface area contributed by atoms with Crippen molar-refractivity contribution in [3.63, 3.8) is 0 Å². The Balaban J connectivity index is 2.11. The molecule has 0 radical (unpaired) electrons. The zero-order valence-electron chi connectivity index (χ0n) is 8.78. The molecule has 1 amide bonds. The number of carbonyl (C=O) groups is 1. The van der Waals surface area contributed by atoms with E-state index < -0.39 is 0 Å². The monoisotopic (exact) mass is 236 g/mol. The second kappa shape index (κ2) is 4.36. The first kappa shape index (κ1) is 10.7. The number of thiophene rings is 1. The van der Waals surface area contributed by atoms with Gasteiger partial charge in [0.1, 0.15) is 0 Å². The van der Waals surface area contributed by atoms with Gasteiger partial charge in [0.25, 0.3) is 5.91 Å². The van der Waals surface area contributed by atoms with Crippen molar-refractivity contribution in [1.29, 1.82) is 0 Å². The van der Waals surface area contributed by atoms with Crippen molar-refractivity contribution < 1.29 is 4.79 Å². The fourth-order valence-electron chi connectivity index (χ4n) is 1.26. The predicted molar refractivity (Wildman–Crippen MR) is 64.7 cm³/mol. The molecule has 0 aliphatic rings. The van der Waals surface area contributed by atoms with Crippen LogP contribution in [0.3, 0.4) is 0 Å². The zero-order valence-corrected chi connectivity index (χ0v) is 9.60. The third-order valence-corrected chi connectivity index (χ3v) is 3.37. The molecule has 5 nitrogen and oxygen atoms in total. The number of carbonyl (C=O) groups excluding carboxylic acids is 1. The third-order valence-electron chi connectivity index (χ3n) is 2.14. The molecule has 0 bridgehead atoms. The summed E-state index contributed by atoms with van der Waals surface area (Å²) in [5, 5.41) is 9.03. The van der Waals surface area contributed by atoms with E-state index in [2.05, 4.69) is 22.4 Å². The highest BCUT2D eigenvalue weighted by Crippen LogP contribution is 2.19. The summed E-state index contributed by atoms with van der Waals surface area (Å²) >= 11 is 1.48. The Hall–Kier alpha value is -1.82. The first-order chi connectivity index (χ1) is 7.70. The molecule has 0 atom stereocenters. The largest absolute Gasteiger partial charge is 0.394 e. The molecule has 0 fully saturated rings. The van der Waals surface area contributed by atoms with E-state index in [1.807, 2.05) is 12.1 Å². The van der Waals surface area contributed by atoms with E-state index in [1.165, 1.54) is 22.4 Å². The summed E-state index contributed by atoms with van der Waals surface area (Å²) < 4.78 is 0. The average Bonchev–Trinajstić information content (AvgIpc) is 2.88. The highest BCUT2D eigenvalue weighted by molar-refractivity contribution is 7.14. The lowest BCUT2D eigenvalue weighted by Gasteiger charge is -2.00. The number of aromatic nitrogens is 2. The number of aryl methyl sites for hydroxylation is 1. The smallest absolute Gasteiger partial charge is 0.266 e. The molecule has 6 heteroatoms. The van der Waals surface area contributed by atoms with Crippen LogP contribution in [0.5, 0.6) is 0 Å². The Kier molecular flexibility index (Phi) is 2.91. The summed E-state index contributed by atoms with van der Waals surface area (Å²) in [6.45, 7) is 2.06. The molecular formula is C10H12N4OS. The number of rotatable bonds is 3. The lowest BCUT2D eigenvalue weighted by molar-refractivity contribution is 0.103. The van der Waals surface area contributed by atoms with Gasteiger partial charge in [-0.2, -0.15) is 5.10 Å². The van der Waals surface area contributed by atoms with E-state index in [0.29, 0.717) is 16.4 Å². The Morgan fingerprint density at radius 3 is 3.00 bits per heavy atom. The second-order valence-electron chi connectivity index (χ2n) is 3.27. The van der Waals surface area contributed by atoms with Crippen LogP contribution < -0.4 is 11.1 Å². The standard InChI is InChI=1S/C10H12N4OS/c1-2-6-3-4-8(16-6)10(15)13-9-7(11)5-12-14-9/h3-5H,2,11H2,1H3,(H2,12,13,14,15). The predicted octanol–water partition coefficient (Wildman–Crippen LogP) is 1.87. The minimum Gasteiger partial charge on any atom is -0.394 e. The topological polar surface area (TPSA) is 83.8 Å². The van der Waals surface area contributed by atoms with E-state index in [1.54, 1.807) is 0 Å². The van der Waals surface area contributed by atoms with Gasteiger partial charge >= 0.3 is 0 Å². The summed E-state index contributed by atoms with van der Waals surface area (Å²) in [6.07, 6.45) is 2.39. The summed E-state index contributed by atoms with van der Waals surface area (Å²) in [7, 11) is 0. The first-order valence-corrected chi connectivity index (χ1v) is 5.71. The highest BCUT2D eigenvalue weighted by atomic mass is 32.1. The van der Waals surface area contributed by atoms with Crippen molar-refractivity contribution in [3.8, 4) is 0 Å². The quantitative estimate of drug-likeness (QED) is 0.760. The molecule has 2 rings (SSSR count). The molecule has 84 valence electrons. The summed E-state index contributed by atoms with van der Waals surface area (Å²) in [5.74, 6) is 0.275. The Morgan fingerprint density at radius 2 is 2.44 bits per heavy atom. The maximum Gasteiger partial charge on any atom is 0.266 e. The fourth-order valence-corrected chi connectivity index (χ4v) is 2.10. The lowest BCUT2D eigenvalue weighted by Crippen LogP contribution is -2.11. The molecular weight excluding hydrogens is 224 g/mol. The Bertz CT molecular complexity index is 502. The van der Waals surface area contributed by atoms with Crippen LogP contribution in [0.4, 0.5) is 11.5 Å². The van der Waals surface area contributed by atoms with E-state index in [9.17, 15) is 4.79 Å². The van der Waals surface area contributed by atoms with Crippen LogP contribution in [-0.2, 0) is 6.42 Å². The zero-order chi connectivity index (χ0) is 11.5. The normalized spacial score (nSPS) is 10.3. The number of hydrogen-bond acceptors (Lipinski definition) is 4. The second-order valence-corrected chi connectivity index (χ2v) is 4.44. The number of hydrogen-bond donors (Lipinski definition) is 3. The van der Waals surface area contributed by atoms with Crippen molar-refractivity contribution in [1.82, 2.24) is 10.2 Å². The van der Waals surface area contributed by atoms with Crippen LogP contribution in [0.15, 0.2) is 18.3 Å². The van der Waals surface area contributed by atoms with Gasteiger partial charge in [0, 0.05) is 4.88 Å². The van der Waals surface area contributed by atoms with Crippen molar-refractivity contribution in [2.24, 2.45) is 0 Å². The number of H-pyrrole nitrogens is 1. The number of nitrogens with one attached hydrogen (secondary N) is 2. The van der Waals surface area contributed by atoms with Gasteiger partial charge in [-0.1, -0.05) is 6.92 Å². The van der Waals surface area contributed by atoms with Crippen molar-refractivity contribution >= 4 is 28.7 Å². The molecule has 16 heavy (non-hydrogen) atoms. The fraction of sp³-hybridized carbons (Fsp3) is 0.200. The molecule has 0 saturated carbocycles. The van der Waals surface area contributed by atoms with Gasteiger partial charge in [0.2, 0.25) is 0 Å². The van der Waals surface area contributed by atoms with E-state index >= 15 is 0 Å². The number of nitrogen functional groups attached to an aromatic ring is 1. The van der Waals surface area contributed by atoms with Crippen molar-refractivity contribution in [3.05, 3.63) is 28.1 Å². The number of anilines is 2. The van der Waals surface area contributed by atoms with Crippen LogP contribution in [0.1, 0.15) is 21.5 Å². The Morgan fingerprint density at radius 1 is 1.62 bits per heavy atom. The van der Waals surface area contributed by atoms with E-state index in [0.717, 1.165) is 6.42 Å². The maximum atomic E-state index is 11.8. The molecule has 2 heterocycles. The van der Waals surface area contributed by atoms with Crippen LogP contribution in [0.2, 0.25) is 0 Å². The van der Waals surface area contributed by atoms with Gasteiger partial charge in [-0.05, 0) is 18.6 Å². The van der Waals surface area contributed by atoms with Gasteiger partial charge < -0.3 is 11.1 Å². The van der Waals surface area contributed by atoms with Gasteiger partial charge in [0.15, 0.2) is 5.82 Å². The van der Waals surface area contributed by atoms with E-state index in [-0.39, 0.29) is 5.91 Å². The molecule has 0 aliphatic heterocycles. The minimum absolute atomic E-state index is 0.166. The van der Waals surface area contributed by atoms with Crippen LogP contribution >= 0.6 is 11.3 Å². The number of nitrogens with zero attached hydrogens (tertiary/aromatic N) is 1. The molecule has 2 aromatic heterocycles. The van der Waals surface area contributed by atoms with Gasteiger partial charge in [-0.25, -0.2) is 0 Å².